The van der Waals surface area contributed by atoms with Crippen LogP contribution in [0.15, 0.2) is 12.1 Å². The van der Waals surface area contributed by atoms with Gasteiger partial charge in [0, 0.05) is 24.3 Å². The summed E-state index contributed by atoms with van der Waals surface area (Å²) in [6.07, 6.45) is 0.561. The predicted octanol–water partition coefficient (Wildman–Crippen LogP) is 1.50. The lowest BCUT2D eigenvalue weighted by Crippen LogP contribution is -2.43. The Kier molecular flexibility index (Phi) is 3.36. The molecular weight excluding hydrogens is 278 g/mol. The number of rotatable bonds is 1. The number of hydrogen-bond acceptors (Lipinski definition) is 4. The lowest BCUT2D eigenvalue weighted by atomic mass is 9.95. The standard InChI is InChI=1S/C14H18ClN3O2/c1-7-2-3-18(6-12(7)19)11-5-10-8(4-9(11)15)13(16)14(20)17-10/h4-5,7,12-13,19H,2-3,6,16H2,1H3,(H,17,20). The van der Waals surface area contributed by atoms with Gasteiger partial charge in [-0.15, -0.1) is 0 Å². The first kappa shape index (κ1) is 13.7. The number of nitrogens with zero attached hydrogens (tertiary/aromatic N) is 1. The van der Waals surface area contributed by atoms with Gasteiger partial charge in [0.05, 0.1) is 16.8 Å². The van der Waals surface area contributed by atoms with E-state index < -0.39 is 6.04 Å². The maximum Gasteiger partial charge on any atom is 0.245 e. The Morgan fingerprint density at radius 1 is 1.50 bits per heavy atom. The van der Waals surface area contributed by atoms with Crippen LogP contribution in [0.4, 0.5) is 11.4 Å². The predicted molar refractivity (Wildman–Crippen MR) is 79.0 cm³/mol. The largest absolute Gasteiger partial charge is 0.391 e. The molecule has 3 rings (SSSR count). The van der Waals surface area contributed by atoms with Crippen molar-refractivity contribution < 1.29 is 9.90 Å². The summed E-state index contributed by atoms with van der Waals surface area (Å²) in [5.74, 6) is 0.0908. The van der Waals surface area contributed by atoms with Gasteiger partial charge < -0.3 is 21.1 Å². The summed E-state index contributed by atoms with van der Waals surface area (Å²) in [6.45, 7) is 3.45. The second-order valence-corrected chi connectivity index (χ2v) is 6.04. The van der Waals surface area contributed by atoms with Crippen LogP contribution in [-0.4, -0.2) is 30.2 Å². The molecule has 0 radical (unpaired) electrons. The fourth-order valence-corrected chi connectivity index (χ4v) is 3.10. The zero-order chi connectivity index (χ0) is 14.4. The Morgan fingerprint density at radius 3 is 2.95 bits per heavy atom. The molecule has 0 saturated carbocycles. The van der Waals surface area contributed by atoms with Crippen molar-refractivity contribution in [3.8, 4) is 0 Å². The number of benzene rings is 1. The molecule has 1 aromatic carbocycles. The maximum absolute atomic E-state index is 11.6. The van der Waals surface area contributed by atoms with Gasteiger partial charge in [-0.05, 0) is 24.5 Å². The summed E-state index contributed by atoms with van der Waals surface area (Å²) in [5, 5.41) is 13.3. The van der Waals surface area contributed by atoms with Crippen LogP contribution >= 0.6 is 11.6 Å². The number of halogens is 1. The van der Waals surface area contributed by atoms with Crippen LogP contribution in [0.2, 0.25) is 5.02 Å². The lowest BCUT2D eigenvalue weighted by Gasteiger charge is -2.36. The van der Waals surface area contributed by atoms with Gasteiger partial charge >= 0.3 is 0 Å². The number of piperidine rings is 1. The zero-order valence-corrected chi connectivity index (χ0v) is 12.0. The number of aliphatic hydroxyl groups is 1. The van der Waals surface area contributed by atoms with Crippen molar-refractivity contribution in [2.45, 2.75) is 25.5 Å². The number of hydrogen-bond donors (Lipinski definition) is 3. The Labute approximate surface area is 122 Å². The van der Waals surface area contributed by atoms with Crippen LogP contribution in [0.25, 0.3) is 0 Å². The van der Waals surface area contributed by atoms with E-state index in [-0.39, 0.29) is 12.0 Å². The van der Waals surface area contributed by atoms with Crippen molar-refractivity contribution in [3.05, 3.63) is 22.7 Å². The van der Waals surface area contributed by atoms with E-state index in [4.69, 9.17) is 17.3 Å². The minimum atomic E-state index is -0.650. The van der Waals surface area contributed by atoms with E-state index in [0.717, 1.165) is 29.9 Å². The first-order chi connectivity index (χ1) is 9.47. The van der Waals surface area contributed by atoms with Crippen LogP contribution in [-0.2, 0) is 4.79 Å². The molecule has 5 nitrogen and oxygen atoms in total. The van der Waals surface area contributed by atoms with Gasteiger partial charge in [-0.3, -0.25) is 4.79 Å². The highest BCUT2D eigenvalue weighted by Gasteiger charge is 2.31. The monoisotopic (exact) mass is 295 g/mol. The summed E-state index contributed by atoms with van der Waals surface area (Å²) in [4.78, 5) is 13.7. The van der Waals surface area contributed by atoms with E-state index in [0.29, 0.717) is 17.5 Å². The summed E-state index contributed by atoms with van der Waals surface area (Å²) in [6, 6.07) is 2.95. The normalized spacial score (nSPS) is 29.3. The molecule has 2 aliphatic rings. The smallest absolute Gasteiger partial charge is 0.245 e. The quantitative estimate of drug-likeness (QED) is 0.734. The average molecular weight is 296 g/mol. The molecule has 1 amide bonds. The third kappa shape index (κ3) is 2.16. The molecule has 20 heavy (non-hydrogen) atoms. The van der Waals surface area contributed by atoms with Crippen LogP contribution in [0.1, 0.15) is 24.9 Å². The van der Waals surface area contributed by atoms with E-state index in [1.54, 1.807) is 6.07 Å². The molecule has 0 bridgehead atoms. The molecule has 6 heteroatoms. The third-order valence-corrected chi connectivity index (χ3v) is 4.56. The Hall–Kier alpha value is -1.30. The van der Waals surface area contributed by atoms with E-state index in [1.807, 2.05) is 13.0 Å². The van der Waals surface area contributed by atoms with Crippen LogP contribution < -0.4 is 16.0 Å². The Bertz CT molecular complexity index is 564. The summed E-state index contributed by atoms with van der Waals surface area (Å²) in [5.41, 5.74) is 8.09. The molecule has 0 aromatic heterocycles. The molecule has 3 atom stereocenters. The first-order valence-corrected chi connectivity index (χ1v) is 7.18. The van der Waals surface area contributed by atoms with E-state index in [9.17, 15) is 9.90 Å². The van der Waals surface area contributed by atoms with Crippen molar-refractivity contribution in [3.63, 3.8) is 0 Å². The van der Waals surface area contributed by atoms with E-state index in [2.05, 4.69) is 10.2 Å². The molecule has 1 fully saturated rings. The number of aliphatic hydroxyl groups excluding tert-OH is 1. The fraction of sp³-hybridized carbons (Fsp3) is 0.500. The second kappa shape index (κ2) is 4.91. The number of fused-ring (bicyclic) bond motifs is 1. The number of carbonyl (C=O) groups is 1. The molecule has 0 spiro atoms. The third-order valence-electron chi connectivity index (χ3n) is 4.25. The molecule has 1 saturated heterocycles. The molecule has 2 heterocycles. The Morgan fingerprint density at radius 2 is 2.25 bits per heavy atom. The van der Waals surface area contributed by atoms with Crippen molar-refractivity contribution in [2.24, 2.45) is 11.7 Å². The topological polar surface area (TPSA) is 78.6 Å². The van der Waals surface area contributed by atoms with Gasteiger partial charge in [0.1, 0.15) is 6.04 Å². The molecule has 108 valence electrons. The zero-order valence-electron chi connectivity index (χ0n) is 11.3. The van der Waals surface area contributed by atoms with Crippen LogP contribution in [0, 0.1) is 5.92 Å². The number of anilines is 2. The SMILES string of the molecule is CC1CCN(c2cc3c(cc2Cl)C(N)C(=O)N3)CC1O. The van der Waals surface area contributed by atoms with Gasteiger partial charge in [0.15, 0.2) is 0 Å². The number of β-amino-alcohol motifs (C(OH)–C–C–N with tert-alkyl or cyclic N) is 1. The summed E-state index contributed by atoms with van der Waals surface area (Å²) >= 11 is 6.32. The van der Waals surface area contributed by atoms with E-state index in [1.165, 1.54) is 0 Å². The number of nitrogens with one attached hydrogen (secondary N) is 1. The van der Waals surface area contributed by atoms with Gasteiger partial charge in [-0.1, -0.05) is 18.5 Å². The van der Waals surface area contributed by atoms with Crippen LogP contribution in [0.3, 0.4) is 0 Å². The highest BCUT2D eigenvalue weighted by molar-refractivity contribution is 6.33. The molecule has 2 aliphatic heterocycles. The first-order valence-electron chi connectivity index (χ1n) is 6.80. The number of amides is 1. The summed E-state index contributed by atoms with van der Waals surface area (Å²) < 4.78 is 0. The van der Waals surface area contributed by atoms with Crippen molar-refractivity contribution in [1.82, 2.24) is 0 Å². The molecule has 4 N–H and O–H groups in total. The number of carbonyl (C=O) groups excluding carboxylic acids is 1. The van der Waals surface area contributed by atoms with Crippen LogP contribution in [0.5, 0.6) is 0 Å². The Balaban J connectivity index is 1.92. The fourth-order valence-electron chi connectivity index (χ4n) is 2.80. The number of nitrogens with two attached hydrogens (primary N) is 1. The second-order valence-electron chi connectivity index (χ2n) is 5.64. The van der Waals surface area contributed by atoms with Gasteiger partial charge in [-0.25, -0.2) is 0 Å². The molecule has 3 unspecified atom stereocenters. The summed E-state index contributed by atoms with van der Waals surface area (Å²) in [7, 11) is 0. The van der Waals surface area contributed by atoms with E-state index >= 15 is 0 Å². The average Bonchev–Trinajstić information content (AvgIpc) is 2.68. The van der Waals surface area contributed by atoms with Crippen molar-refractivity contribution >= 4 is 28.9 Å². The van der Waals surface area contributed by atoms with Gasteiger partial charge in [0.25, 0.3) is 0 Å². The molecule has 1 aromatic rings. The minimum Gasteiger partial charge on any atom is -0.391 e. The molecule has 0 aliphatic carbocycles. The minimum absolute atomic E-state index is 0.208. The van der Waals surface area contributed by atoms with Gasteiger partial charge in [-0.2, -0.15) is 0 Å². The lowest BCUT2D eigenvalue weighted by molar-refractivity contribution is -0.116. The van der Waals surface area contributed by atoms with Crippen molar-refractivity contribution in [2.75, 3.05) is 23.3 Å². The molecular formula is C14H18ClN3O2. The highest BCUT2D eigenvalue weighted by atomic mass is 35.5. The maximum atomic E-state index is 11.6. The van der Waals surface area contributed by atoms with Crippen molar-refractivity contribution in [1.29, 1.82) is 0 Å². The van der Waals surface area contributed by atoms with Gasteiger partial charge in [0.2, 0.25) is 5.91 Å². The highest BCUT2D eigenvalue weighted by Crippen LogP contribution is 2.39.